The molecule has 1 N–H and O–H groups in total. The van der Waals surface area contributed by atoms with Crippen LogP contribution in [0.4, 0.5) is 0 Å². The minimum absolute atomic E-state index is 0.133. The Bertz CT molecular complexity index is 817. The molecule has 1 unspecified atom stereocenters. The normalized spacial score (nSPS) is 37.3. The van der Waals surface area contributed by atoms with E-state index < -0.39 is 6.10 Å². The lowest BCUT2D eigenvalue weighted by Crippen LogP contribution is -2.66. The molecule has 3 fully saturated rings. The minimum Gasteiger partial charge on any atom is -0.504 e. The highest BCUT2D eigenvalue weighted by Gasteiger charge is 2.66. The van der Waals surface area contributed by atoms with Crippen LogP contribution < -0.4 is 9.47 Å². The number of ketones is 1. The zero-order valence-corrected chi connectivity index (χ0v) is 15.2. The van der Waals surface area contributed by atoms with E-state index in [0.29, 0.717) is 29.9 Å². The molecule has 1 spiro atoms. The van der Waals surface area contributed by atoms with Gasteiger partial charge in [0.05, 0.1) is 7.11 Å². The average Bonchev–Trinajstić information content (AvgIpc) is 3.37. The van der Waals surface area contributed by atoms with Crippen LogP contribution >= 0.6 is 0 Å². The Balaban J connectivity index is 1.55. The van der Waals surface area contributed by atoms with Crippen LogP contribution in [0.2, 0.25) is 0 Å². The highest BCUT2D eigenvalue weighted by atomic mass is 16.5. The summed E-state index contributed by atoms with van der Waals surface area (Å²) in [6.07, 6.45) is 5.84. The third-order valence-electron chi connectivity index (χ3n) is 7.69. The molecule has 2 bridgehead atoms. The van der Waals surface area contributed by atoms with Crippen LogP contribution in [-0.4, -0.2) is 48.1 Å². The van der Waals surface area contributed by atoms with Gasteiger partial charge in [0.25, 0.3) is 0 Å². The lowest BCUT2D eigenvalue weighted by molar-refractivity contribution is -0.138. The molecule has 5 nitrogen and oxygen atoms in total. The highest BCUT2D eigenvalue weighted by Crippen LogP contribution is 2.64. The van der Waals surface area contributed by atoms with Gasteiger partial charge in [-0.2, -0.15) is 0 Å². The van der Waals surface area contributed by atoms with E-state index in [1.54, 1.807) is 7.11 Å². The van der Waals surface area contributed by atoms with E-state index in [2.05, 4.69) is 4.90 Å². The van der Waals surface area contributed by atoms with Gasteiger partial charge in [0.2, 0.25) is 5.75 Å². The van der Waals surface area contributed by atoms with Gasteiger partial charge >= 0.3 is 0 Å². The van der Waals surface area contributed by atoms with Crippen molar-refractivity contribution >= 4 is 5.78 Å². The number of phenolic OH excluding ortho intramolecular Hbond substituents is 1. The van der Waals surface area contributed by atoms with Crippen molar-refractivity contribution in [1.29, 1.82) is 0 Å². The number of hydrogen-bond acceptors (Lipinski definition) is 5. The zero-order chi connectivity index (χ0) is 17.6. The van der Waals surface area contributed by atoms with Crippen molar-refractivity contribution in [3.63, 3.8) is 0 Å². The molecule has 5 heteroatoms. The summed E-state index contributed by atoms with van der Waals surface area (Å²) in [4.78, 5) is 15.5. The third-order valence-corrected chi connectivity index (χ3v) is 7.69. The second kappa shape index (κ2) is 4.94. The van der Waals surface area contributed by atoms with Crippen molar-refractivity contribution in [3.8, 4) is 17.2 Å². The molecular formula is C21H25NO4. The van der Waals surface area contributed by atoms with E-state index in [0.717, 1.165) is 37.3 Å². The summed E-state index contributed by atoms with van der Waals surface area (Å²) in [5, 5.41) is 10.5. The third kappa shape index (κ3) is 1.73. The molecule has 0 amide bonds. The lowest BCUT2D eigenvalue weighted by Gasteiger charge is -2.57. The van der Waals surface area contributed by atoms with Gasteiger partial charge in [0.1, 0.15) is 0 Å². The number of ether oxygens (including phenoxy) is 2. The summed E-state index contributed by atoms with van der Waals surface area (Å²) < 4.78 is 11.7. The summed E-state index contributed by atoms with van der Waals surface area (Å²) in [7, 11) is 1.56. The van der Waals surface area contributed by atoms with E-state index in [-0.39, 0.29) is 16.9 Å². The predicted octanol–water partition coefficient (Wildman–Crippen LogP) is 2.42. The number of likely N-dealkylation sites (tertiary alicyclic amines) is 1. The summed E-state index contributed by atoms with van der Waals surface area (Å²) in [5.74, 6) is 2.74. The van der Waals surface area contributed by atoms with Crippen molar-refractivity contribution in [1.82, 2.24) is 4.90 Å². The molecule has 5 aliphatic rings. The van der Waals surface area contributed by atoms with Gasteiger partial charge in [-0.05, 0) is 62.1 Å². The fraction of sp³-hybridized carbons (Fsp3) is 0.667. The molecule has 2 saturated carbocycles. The molecule has 1 aromatic rings. The second-order valence-corrected chi connectivity index (χ2v) is 8.90. The second-order valence-electron chi connectivity index (χ2n) is 8.90. The Morgan fingerprint density at radius 2 is 2.23 bits per heavy atom. The van der Waals surface area contributed by atoms with Gasteiger partial charge < -0.3 is 14.6 Å². The first-order valence-corrected chi connectivity index (χ1v) is 10.00. The van der Waals surface area contributed by atoms with Crippen LogP contribution in [0.15, 0.2) is 6.07 Å². The topological polar surface area (TPSA) is 59.0 Å². The monoisotopic (exact) mass is 355 g/mol. The van der Waals surface area contributed by atoms with E-state index in [9.17, 15) is 9.90 Å². The van der Waals surface area contributed by atoms with Gasteiger partial charge in [-0.15, -0.1) is 0 Å². The van der Waals surface area contributed by atoms with Gasteiger partial charge in [0.15, 0.2) is 23.4 Å². The minimum atomic E-state index is -0.392. The number of phenols is 1. The Morgan fingerprint density at radius 1 is 1.38 bits per heavy atom. The molecule has 4 atom stereocenters. The maximum absolute atomic E-state index is 12.8. The maximum atomic E-state index is 12.8. The van der Waals surface area contributed by atoms with Crippen molar-refractivity contribution in [2.24, 2.45) is 11.8 Å². The SMILES string of the molecule is COc1c(O)cc2c3c1OC1C(=O)CC[C@H]4[C@@H](C2)N(CC2CC2)CC[C@]314. The fourth-order valence-electron chi connectivity index (χ4n) is 6.51. The molecule has 2 heterocycles. The van der Waals surface area contributed by atoms with E-state index in [1.165, 1.54) is 24.9 Å². The molecule has 3 aliphatic carbocycles. The Morgan fingerprint density at radius 3 is 3.00 bits per heavy atom. The van der Waals surface area contributed by atoms with Crippen LogP contribution in [-0.2, 0) is 16.6 Å². The van der Waals surface area contributed by atoms with Gasteiger partial charge in [-0.25, -0.2) is 0 Å². The molecule has 2 aliphatic heterocycles. The number of piperidine rings is 1. The quantitative estimate of drug-likeness (QED) is 0.902. The number of methoxy groups -OCH3 is 1. The summed E-state index contributed by atoms with van der Waals surface area (Å²) >= 11 is 0. The van der Waals surface area contributed by atoms with E-state index >= 15 is 0 Å². The number of hydrogen-bond donors (Lipinski definition) is 1. The van der Waals surface area contributed by atoms with E-state index in [1.807, 2.05) is 6.07 Å². The fourth-order valence-corrected chi connectivity index (χ4v) is 6.51. The highest BCUT2D eigenvalue weighted by molar-refractivity contribution is 5.89. The molecule has 0 aromatic heterocycles. The molecular weight excluding hydrogens is 330 g/mol. The summed E-state index contributed by atoms with van der Waals surface area (Å²) in [6, 6.07) is 2.34. The Labute approximate surface area is 153 Å². The van der Waals surface area contributed by atoms with Crippen LogP contribution in [0.5, 0.6) is 17.2 Å². The standard InChI is InChI=1S/C21H25NO4/c1-25-18-16(24)9-12-8-14-13-4-5-15(23)20-21(13,17(12)19(18)26-20)6-7-22(14)10-11-2-3-11/h9,11,13-14,20,24H,2-8,10H2,1H3/t13-,14+,20?,21-/m0/s1. The van der Waals surface area contributed by atoms with Crippen LogP contribution in [0.1, 0.15) is 43.2 Å². The van der Waals surface area contributed by atoms with E-state index in [4.69, 9.17) is 9.47 Å². The molecule has 1 aromatic carbocycles. The van der Waals surface area contributed by atoms with Gasteiger partial charge in [-0.3, -0.25) is 9.69 Å². The molecule has 6 rings (SSSR count). The first-order chi connectivity index (χ1) is 12.6. The smallest absolute Gasteiger partial charge is 0.203 e. The predicted molar refractivity (Wildman–Crippen MR) is 94.9 cm³/mol. The van der Waals surface area contributed by atoms with Gasteiger partial charge in [-0.1, -0.05) is 0 Å². The van der Waals surface area contributed by atoms with Crippen molar-refractivity contribution in [2.45, 2.75) is 56.1 Å². The number of nitrogens with zero attached hydrogens (tertiary/aromatic N) is 1. The zero-order valence-electron chi connectivity index (χ0n) is 15.2. The van der Waals surface area contributed by atoms with Crippen LogP contribution in [0, 0.1) is 11.8 Å². The summed E-state index contributed by atoms with van der Waals surface area (Å²) in [5.41, 5.74) is 2.14. The van der Waals surface area contributed by atoms with Crippen LogP contribution in [0.25, 0.3) is 0 Å². The number of Topliss-reactive ketones (excluding diaryl/α,β-unsaturated/α-hetero) is 1. The molecule has 138 valence electrons. The number of benzene rings is 1. The largest absolute Gasteiger partial charge is 0.504 e. The van der Waals surface area contributed by atoms with Crippen LogP contribution in [0.3, 0.4) is 0 Å². The number of carbonyl (C=O) groups is 1. The van der Waals surface area contributed by atoms with Crippen molar-refractivity contribution in [2.75, 3.05) is 20.2 Å². The number of aromatic hydroxyl groups is 1. The number of rotatable bonds is 3. The average molecular weight is 355 g/mol. The summed E-state index contributed by atoms with van der Waals surface area (Å²) in [6.45, 7) is 2.24. The number of carbonyl (C=O) groups excluding carboxylic acids is 1. The first-order valence-electron chi connectivity index (χ1n) is 10.00. The molecule has 0 radical (unpaired) electrons. The lowest BCUT2D eigenvalue weighted by atomic mass is 9.51. The Hall–Kier alpha value is -1.75. The first kappa shape index (κ1) is 15.3. The molecule has 1 saturated heterocycles. The van der Waals surface area contributed by atoms with Crippen molar-refractivity contribution < 1.29 is 19.4 Å². The van der Waals surface area contributed by atoms with Crippen molar-refractivity contribution in [3.05, 3.63) is 17.2 Å². The Kier molecular flexibility index (Phi) is 2.91. The van der Waals surface area contributed by atoms with Gasteiger partial charge in [0, 0.05) is 30.0 Å². The molecule has 26 heavy (non-hydrogen) atoms. The maximum Gasteiger partial charge on any atom is 0.203 e.